The van der Waals surface area contributed by atoms with Crippen LogP contribution < -0.4 is 4.74 Å². The van der Waals surface area contributed by atoms with E-state index in [0.717, 1.165) is 35.5 Å². The number of fused-ring (bicyclic) bond motifs is 1. The van der Waals surface area contributed by atoms with E-state index in [4.69, 9.17) is 4.74 Å². The summed E-state index contributed by atoms with van der Waals surface area (Å²) in [4.78, 5) is 6.85. The maximum atomic E-state index is 9.42. The summed E-state index contributed by atoms with van der Waals surface area (Å²) in [5.41, 5.74) is 2.21. The third-order valence-electron chi connectivity index (χ3n) is 4.50. The summed E-state index contributed by atoms with van der Waals surface area (Å²) in [5, 5.41) is 10.1. The average molecular weight is 340 g/mol. The Morgan fingerprint density at radius 3 is 2.79 bits per heavy atom. The summed E-state index contributed by atoms with van der Waals surface area (Å²) in [6.45, 7) is 2.20. The summed E-state index contributed by atoms with van der Waals surface area (Å²) in [6.07, 6.45) is 2.26. The fraction of sp³-hybridized carbons (Fsp3) is 0.316. The Morgan fingerprint density at radius 2 is 2.00 bits per heavy atom. The Labute approximate surface area is 145 Å². The molecule has 0 bridgehead atoms. The van der Waals surface area contributed by atoms with Crippen LogP contribution in [0.15, 0.2) is 48.5 Å². The molecule has 24 heavy (non-hydrogen) atoms. The number of hydrogen-bond donors (Lipinski definition) is 1. The van der Waals surface area contributed by atoms with E-state index in [1.807, 2.05) is 30.3 Å². The maximum Gasteiger partial charge on any atom is 0.279 e. The van der Waals surface area contributed by atoms with Gasteiger partial charge in [0, 0.05) is 12.6 Å². The first-order valence-corrected chi connectivity index (χ1v) is 9.11. The van der Waals surface area contributed by atoms with Crippen molar-refractivity contribution < 1.29 is 9.84 Å². The lowest BCUT2D eigenvalue weighted by Gasteiger charge is -2.22. The minimum absolute atomic E-state index is 0.249. The summed E-state index contributed by atoms with van der Waals surface area (Å²) in [6, 6.07) is 16.5. The number of rotatable bonds is 5. The lowest BCUT2D eigenvalue weighted by Crippen LogP contribution is -2.31. The fourth-order valence-corrected chi connectivity index (χ4v) is 4.04. The van der Waals surface area contributed by atoms with E-state index in [0.29, 0.717) is 11.2 Å². The first-order valence-electron chi connectivity index (χ1n) is 8.29. The monoisotopic (exact) mass is 340 g/mol. The molecular weight excluding hydrogens is 320 g/mol. The zero-order chi connectivity index (χ0) is 16.4. The molecule has 1 saturated heterocycles. The Hall–Kier alpha value is -1.95. The predicted octanol–water partition coefficient (Wildman–Crippen LogP) is 4.05. The molecule has 5 heteroatoms. The molecule has 0 aliphatic carbocycles. The Morgan fingerprint density at radius 1 is 1.17 bits per heavy atom. The average Bonchev–Trinajstić information content (AvgIpc) is 3.22. The second-order valence-corrected chi connectivity index (χ2v) is 7.14. The molecule has 4 nitrogen and oxygen atoms in total. The van der Waals surface area contributed by atoms with Crippen LogP contribution in [0.2, 0.25) is 0 Å². The second-order valence-electron chi connectivity index (χ2n) is 6.14. The first kappa shape index (κ1) is 15.6. The number of aromatic nitrogens is 1. The maximum absolute atomic E-state index is 9.42. The highest BCUT2D eigenvalue weighted by Crippen LogP contribution is 2.31. The zero-order valence-corrected chi connectivity index (χ0v) is 14.2. The number of thiazole rings is 1. The van der Waals surface area contributed by atoms with Gasteiger partial charge in [-0.1, -0.05) is 35.6 Å². The molecule has 1 aliphatic heterocycles. The van der Waals surface area contributed by atoms with Gasteiger partial charge in [-0.15, -0.1) is 0 Å². The van der Waals surface area contributed by atoms with Gasteiger partial charge in [-0.05, 0) is 49.2 Å². The molecule has 0 saturated carbocycles. The van der Waals surface area contributed by atoms with E-state index in [9.17, 15) is 5.11 Å². The van der Waals surface area contributed by atoms with Gasteiger partial charge in [0.2, 0.25) is 0 Å². The van der Waals surface area contributed by atoms with Crippen LogP contribution >= 0.6 is 11.3 Å². The molecule has 2 aromatic carbocycles. The van der Waals surface area contributed by atoms with E-state index in [-0.39, 0.29) is 6.61 Å². The smallest absolute Gasteiger partial charge is 0.279 e. The van der Waals surface area contributed by atoms with E-state index >= 15 is 0 Å². The quantitative estimate of drug-likeness (QED) is 0.761. The normalized spacial score (nSPS) is 18.3. The molecule has 1 atom stereocenters. The fourth-order valence-electron chi connectivity index (χ4n) is 3.20. The van der Waals surface area contributed by atoms with Crippen molar-refractivity contribution >= 4 is 21.6 Å². The lowest BCUT2D eigenvalue weighted by molar-refractivity contribution is 0.153. The number of benzene rings is 2. The molecule has 0 amide bonds. The number of likely N-dealkylation sites (tertiary alicyclic amines) is 1. The number of nitrogens with zero attached hydrogens (tertiary/aromatic N) is 2. The second kappa shape index (κ2) is 6.89. The molecule has 1 aromatic heterocycles. The van der Waals surface area contributed by atoms with Crippen molar-refractivity contribution in [3.63, 3.8) is 0 Å². The van der Waals surface area contributed by atoms with Crippen LogP contribution in [0.1, 0.15) is 18.4 Å². The van der Waals surface area contributed by atoms with Crippen LogP contribution in [-0.4, -0.2) is 34.2 Å². The van der Waals surface area contributed by atoms with Gasteiger partial charge >= 0.3 is 0 Å². The molecule has 124 valence electrons. The zero-order valence-electron chi connectivity index (χ0n) is 13.4. The molecular formula is C19H20N2O2S. The molecule has 0 unspecified atom stereocenters. The van der Waals surface area contributed by atoms with Gasteiger partial charge in [-0.2, -0.15) is 0 Å². The summed E-state index contributed by atoms with van der Waals surface area (Å²) >= 11 is 1.56. The minimum atomic E-state index is 0.249. The van der Waals surface area contributed by atoms with Crippen molar-refractivity contribution in [1.29, 1.82) is 0 Å². The molecule has 0 radical (unpaired) electrons. The van der Waals surface area contributed by atoms with Crippen molar-refractivity contribution in [3.8, 4) is 10.9 Å². The van der Waals surface area contributed by atoms with Crippen LogP contribution in [0.25, 0.3) is 10.2 Å². The minimum Gasteiger partial charge on any atom is -0.431 e. The van der Waals surface area contributed by atoms with Crippen LogP contribution in [0.3, 0.4) is 0 Å². The molecule has 2 heterocycles. The largest absolute Gasteiger partial charge is 0.431 e. The summed E-state index contributed by atoms with van der Waals surface area (Å²) < 4.78 is 7.02. The van der Waals surface area contributed by atoms with Crippen LogP contribution in [0.5, 0.6) is 10.9 Å². The molecule has 0 spiro atoms. The number of hydrogen-bond acceptors (Lipinski definition) is 5. The highest BCUT2D eigenvalue weighted by molar-refractivity contribution is 7.20. The van der Waals surface area contributed by atoms with Gasteiger partial charge in [-0.25, -0.2) is 4.98 Å². The lowest BCUT2D eigenvalue weighted by atomic mass is 10.2. The molecule has 3 aromatic rings. The van der Waals surface area contributed by atoms with E-state index in [1.165, 1.54) is 12.0 Å². The highest BCUT2D eigenvalue weighted by atomic mass is 32.1. The van der Waals surface area contributed by atoms with Gasteiger partial charge < -0.3 is 9.84 Å². The highest BCUT2D eigenvalue weighted by Gasteiger charge is 2.23. The van der Waals surface area contributed by atoms with Gasteiger partial charge in [0.25, 0.3) is 5.19 Å². The van der Waals surface area contributed by atoms with E-state index in [1.54, 1.807) is 11.3 Å². The Bertz CT molecular complexity index is 783. The third-order valence-corrected chi connectivity index (χ3v) is 5.41. The Kier molecular flexibility index (Phi) is 4.47. The number of aliphatic hydroxyl groups excluding tert-OH is 1. The van der Waals surface area contributed by atoms with Crippen molar-refractivity contribution in [2.45, 2.75) is 25.4 Å². The predicted molar refractivity (Wildman–Crippen MR) is 96.7 cm³/mol. The number of para-hydroxylation sites is 1. The van der Waals surface area contributed by atoms with Crippen molar-refractivity contribution in [2.75, 3.05) is 13.2 Å². The topological polar surface area (TPSA) is 45.6 Å². The SMILES string of the molecule is OC[C@H]1CCCN1Cc1ccc(Oc2nc3ccccc3s2)cc1. The molecule has 1 aliphatic rings. The molecule has 1 fully saturated rings. The summed E-state index contributed by atoms with van der Waals surface area (Å²) in [7, 11) is 0. The molecule has 4 rings (SSSR count). The first-order chi connectivity index (χ1) is 11.8. The standard InChI is InChI=1S/C19H20N2O2S/c22-13-15-4-3-11-21(15)12-14-7-9-16(10-8-14)23-19-20-17-5-1-2-6-18(17)24-19/h1-2,5-10,15,22H,3-4,11-13H2/t15-/m1/s1. The van der Waals surface area contributed by atoms with Gasteiger partial charge in [0.15, 0.2) is 0 Å². The third kappa shape index (κ3) is 3.29. The van der Waals surface area contributed by atoms with Gasteiger partial charge in [-0.3, -0.25) is 4.90 Å². The van der Waals surface area contributed by atoms with Crippen molar-refractivity contribution in [3.05, 3.63) is 54.1 Å². The van der Waals surface area contributed by atoms with Crippen molar-refractivity contribution in [1.82, 2.24) is 9.88 Å². The van der Waals surface area contributed by atoms with Crippen LogP contribution in [0.4, 0.5) is 0 Å². The Balaban J connectivity index is 1.43. The van der Waals surface area contributed by atoms with E-state index in [2.05, 4.69) is 28.1 Å². The van der Waals surface area contributed by atoms with Gasteiger partial charge in [0.05, 0.1) is 16.8 Å². The molecule has 1 N–H and O–H groups in total. The van der Waals surface area contributed by atoms with Crippen molar-refractivity contribution in [2.24, 2.45) is 0 Å². The van der Waals surface area contributed by atoms with Crippen LogP contribution in [-0.2, 0) is 6.54 Å². The van der Waals surface area contributed by atoms with Crippen LogP contribution in [0, 0.1) is 0 Å². The number of ether oxygens (including phenoxy) is 1. The number of aliphatic hydroxyl groups is 1. The van der Waals surface area contributed by atoms with E-state index < -0.39 is 0 Å². The van der Waals surface area contributed by atoms with Gasteiger partial charge in [0.1, 0.15) is 5.75 Å². The summed E-state index contributed by atoms with van der Waals surface area (Å²) in [5.74, 6) is 0.804.